The van der Waals surface area contributed by atoms with Crippen LogP contribution < -0.4 is 4.72 Å². The lowest BCUT2D eigenvalue weighted by molar-refractivity contribution is -0.124. The van der Waals surface area contributed by atoms with Crippen molar-refractivity contribution >= 4 is 55.2 Å². The molecule has 0 radical (unpaired) electrons. The molecule has 10 nitrogen and oxygen atoms in total. The molecule has 0 aliphatic heterocycles. The van der Waals surface area contributed by atoms with Crippen molar-refractivity contribution in [3.05, 3.63) is 59.5 Å². The second-order valence-electron chi connectivity index (χ2n) is 8.03. The maximum atomic E-state index is 13.1. The van der Waals surface area contributed by atoms with E-state index in [1.807, 2.05) is 0 Å². The van der Waals surface area contributed by atoms with Crippen LogP contribution in [0.25, 0.3) is 21.9 Å². The molecule has 2 aromatic carbocycles. The van der Waals surface area contributed by atoms with E-state index in [2.05, 4.69) is 9.71 Å². The Kier molecular flexibility index (Phi) is 6.12. The molecule has 2 aromatic heterocycles. The van der Waals surface area contributed by atoms with Crippen LogP contribution in [-0.2, 0) is 19.6 Å². The Balaban J connectivity index is 1.68. The predicted octanol–water partition coefficient (Wildman–Crippen LogP) is 3.47. The molecule has 11 heteroatoms. The Morgan fingerprint density at radius 2 is 1.83 bits per heavy atom. The highest BCUT2D eigenvalue weighted by atomic mass is 32.2. The van der Waals surface area contributed by atoms with Crippen LogP contribution in [0.2, 0.25) is 0 Å². The smallest absolute Gasteiger partial charge is 0.374 e. The predicted molar refractivity (Wildman–Crippen MR) is 129 cm³/mol. The molecular formula is C24H23N3O7S. The number of furan rings is 1. The number of ether oxygens (including phenoxy) is 1. The fraction of sp³-hybridized carbons (Fsp3) is 0.208. The number of aromatic nitrogens is 1. The zero-order valence-corrected chi connectivity index (χ0v) is 20.3. The highest BCUT2D eigenvalue weighted by Crippen LogP contribution is 2.30. The summed E-state index contributed by atoms with van der Waals surface area (Å²) in [4.78, 5) is 40.7. The molecule has 4 aromatic rings. The summed E-state index contributed by atoms with van der Waals surface area (Å²) in [5.41, 5.74) is 1.79. The van der Waals surface area contributed by atoms with Gasteiger partial charge in [0.2, 0.25) is 5.76 Å². The molecule has 182 valence electrons. The monoisotopic (exact) mass is 497 g/mol. The summed E-state index contributed by atoms with van der Waals surface area (Å²) in [6, 6.07) is 8.89. The number of benzene rings is 2. The summed E-state index contributed by atoms with van der Waals surface area (Å²) >= 11 is 0. The Morgan fingerprint density at radius 3 is 2.51 bits per heavy atom. The average molecular weight is 498 g/mol. The minimum Gasteiger partial charge on any atom is -0.460 e. The van der Waals surface area contributed by atoms with E-state index in [0.29, 0.717) is 27.4 Å². The van der Waals surface area contributed by atoms with Crippen LogP contribution in [0, 0.1) is 6.92 Å². The van der Waals surface area contributed by atoms with Crippen LogP contribution in [0.1, 0.15) is 33.4 Å². The minimum atomic E-state index is -4.05. The summed E-state index contributed by atoms with van der Waals surface area (Å²) in [5, 5.41) is 0.873. The van der Waals surface area contributed by atoms with Gasteiger partial charge in [-0.25, -0.2) is 13.2 Å². The van der Waals surface area contributed by atoms with Gasteiger partial charge in [0, 0.05) is 47.8 Å². The first-order chi connectivity index (χ1) is 16.5. The van der Waals surface area contributed by atoms with Crippen molar-refractivity contribution in [2.24, 2.45) is 0 Å². The van der Waals surface area contributed by atoms with Crippen molar-refractivity contribution < 1.29 is 32.0 Å². The van der Waals surface area contributed by atoms with Gasteiger partial charge in [-0.05, 0) is 50.2 Å². The number of hydrogen-bond acceptors (Lipinski definition) is 7. The quantitative estimate of drug-likeness (QED) is 0.226. The van der Waals surface area contributed by atoms with E-state index < -0.39 is 27.7 Å². The lowest BCUT2D eigenvalue weighted by Gasteiger charge is -2.10. The molecule has 0 bridgehead atoms. The van der Waals surface area contributed by atoms with E-state index in [1.165, 1.54) is 44.6 Å². The molecule has 0 aliphatic rings. The Hall–Kier alpha value is -4.12. The number of H-pyrrole nitrogens is 1. The van der Waals surface area contributed by atoms with Gasteiger partial charge in [-0.1, -0.05) is 0 Å². The molecule has 0 saturated heterocycles. The van der Waals surface area contributed by atoms with Gasteiger partial charge in [0.1, 0.15) is 5.58 Å². The fourth-order valence-electron chi connectivity index (χ4n) is 3.66. The highest BCUT2D eigenvalue weighted by Gasteiger charge is 2.24. The lowest BCUT2D eigenvalue weighted by Crippen LogP contribution is -2.29. The number of sulfonamides is 1. The lowest BCUT2D eigenvalue weighted by atomic mass is 10.1. The first-order valence-electron chi connectivity index (χ1n) is 10.6. The number of aromatic amines is 1. The van der Waals surface area contributed by atoms with E-state index in [9.17, 15) is 22.8 Å². The third-order valence-electron chi connectivity index (χ3n) is 5.46. The van der Waals surface area contributed by atoms with Crippen molar-refractivity contribution in [3.63, 3.8) is 0 Å². The van der Waals surface area contributed by atoms with Gasteiger partial charge in [0.25, 0.3) is 21.7 Å². The zero-order chi connectivity index (χ0) is 25.5. The van der Waals surface area contributed by atoms with Gasteiger partial charge in [0.05, 0.1) is 17.1 Å². The van der Waals surface area contributed by atoms with Gasteiger partial charge in [-0.2, -0.15) is 0 Å². The van der Waals surface area contributed by atoms with Crippen molar-refractivity contribution in [1.82, 2.24) is 9.88 Å². The van der Waals surface area contributed by atoms with Crippen molar-refractivity contribution in [1.29, 1.82) is 0 Å². The molecule has 2 N–H and O–H groups in total. The van der Waals surface area contributed by atoms with E-state index in [0.717, 1.165) is 4.90 Å². The number of aryl methyl sites for hydroxylation is 1. The molecule has 2 heterocycles. The number of esters is 1. The molecule has 1 amide bonds. The highest BCUT2D eigenvalue weighted by molar-refractivity contribution is 7.92. The minimum absolute atomic E-state index is 0.0595. The Morgan fingerprint density at radius 1 is 1.09 bits per heavy atom. The van der Waals surface area contributed by atoms with Crippen molar-refractivity contribution in [3.8, 4) is 0 Å². The van der Waals surface area contributed by atoms with Crippen LogP contribution in [0.5, 0.6) is 0 Å². The van der Waals surface area contributed by atoms with E-state index in [1.54, 1.807) is 26.0 Å². The summed E-state index contributed by atoms with van der Waals surface area (Å²) < 4.78 is 39.3. The van der Waals surface area contributed by atoms with Crippen LogP contribution in [0.4, 0.5) is 5.69 Å². The van der Waals surface area contributed by atoms with Gasteiger partial charge < -0.3 is 19.0 Å². The number of fused-ring (bicyclic) bond motifs is 2. The van der Waals surface area contributed by atoms with Gasteiger partial charge >= 0.3 is 5.97 Å². The molecule has 0 fully saturated rings. The second-order valence-corrected chi connectivity index (χ2v) is 9.71. The Bertz CT molecular complexity index is 1600. The number of rotatable bonds is 7. The first kappa shape index (κ1) is 24.0. The number of amides is 1. The third kappa shape index (κ3) is 4.37. The summed E-state index contributed by atoms with van der Waals surface area (Å²) in [7, 11) is -1.13. The van der Waals surface area contributed by atoms with Gasteiger partial charge in [0.15, 0.2) is 0 Å². The van der Waals surface area contributed by atoms with E-state index in [4.69, 9.17) is 9.15 Å². The number of carbonyl (C=O) groups is 3. The molecular weight excluding hydrogens is 474 g/mol. The number of hydrogen-bond donors (Lipinski definition) is 2. The van der Waals surface area contributed by atoms with Gasteiger partial charge in [-0.15, -0.1) is 0 Å². The number of nitrogens with one attached hydrogen (secondary N) is 2. The van der Waals surface area contributed by atoms with E-state index >= 15 is 0 Å². The normalized spacial score (nSPS) is 11.5. The zero-order valence-electron chi connectivity index (χ0n) is 19.5. The standard InChI is InChI=1S/C24H23N3O7S/c1-5-33-24(30)22-13(2)16-10-14(6-9-20(16)34-22)26-35(31,32)15-7-8-19-17(11-15)18(12-25-19)21(28)23(29)27(3)4/h6-12,25-26H,5H2,1-4H3. The average Bonchev–Trinajstić information content (AvgIpc) is 3.38. The first-order valence-corrected chi connectivity index (χ1v) is 12.1. The van der Waals surface area contributed by atoms with Crippen LogP contribution in [0.15, 0.2) is 51.9 Å². The SMILES string of the molecule is CCOC(=O)c1oc2ccc(NS(=O)(=O)c3ccc4[nH]cc(C(=O)C(=O)N(C)C)c4c3)cc2c1C. The number of ketones is 1. The van der Waals surface area contributed by atoms with Crippen LogP contribution >= 0.6 is 0 Å². The number of nitrogens with zero attached hydrogens (tertiary/aromatic N) is 1. The number of Topliss-reactive ketones (excluding diaryl/α,β-unsaturated/α-hetero) is 1. The topological polar surface area (TPSA) is 139 Å². The fourth-order valence-corrected chi connectivity index (χ4v) is 4.74. The van der Waals surface area contributed by atoms with Crippen molar-refractivity contribution in [2.75, 3.05) is 25.4 Å². The molecule has 0 spiro atoms. The number of anilines is 1. The summed E-state index contributed by atoms with van der Waals surface area (Å²) in [6.07, 6.45) is 1.38. The maximum absolute atomic E-state index is 13.1. The maximum Gasteiger partial charge on any atom is 0.374 e. The summed E-state index contributed by atoms with van der Waals surface area (Å²) in [6.45, 7) is 3.57. The molecule has 0 unspecified atom stereocenters. The van der Waals surface area contributed by atoms with Crippen LogP contribution in [0.3, 0.4) is 0 Å². The van der Waals surface area contributed by atoms with Gasteiger partial charge in [-0.3, -0.25) is 14.3 Å². The largest absolute Gasteiger partial charge is 0.460 e. The van der Waals surface area contributed by atoms with E-state index in [-0.39, 0.29) is 28.5 Å². The molecule has 0 aliphatic carbocycles. The van der Waals surface area contributed by atoms with Crippen molar-refractivity contribution in [2.45, 2.75) is 18.7 Å². The molecule has 4 rings (SSSR count). The Labute approximate surface area is 200 Å². The number of carbonyl (C=O) groups excluding carboxylic acids is 3. The third-order valence-corrected chi connectivity index (χ3v) is 6.84. The van der Waals surface area contributed by atoms with Crippen LogP contribution in [-0.4, -0.2) is 56.7 Å². The summed E-state index contributed by atoms with van der Waals surface area (Å²) in [5.74, 6) is -2.00. The molecule has 0 saturated carbocycles. The molecule has 0 atom stereocenters. The molecule has 35 heavy (non-hydrogen) atoms. The number of likely N-dealkylation sites (N-methyl/N-ethyl adjacent to an activating group) is 1. The second kappa shape index (κ2) is 8.91.